The molecule has 1 aromatic heterocycles. The van der Waals surface area contributed by atoms with Gasteiger partial charge in [-0.05, 0) is 25.5 Å². The smallest absolute Gasteiger partial charge is 0.0823 e. The summed E-state index contributed by atoms with van der Waals surface area (Å²) in [7, 11) is 0. The van der Waals surface area contributed by atoms with Gasteiger partial charge in [0.1, 0.15) is 0 Å². The number of nitrogens with one attached hydrogen (secondary N) is 1. The van der Waals surface area contributed by atoms with Crippen LogP contribution < -0.4 is 0 Å². The lowest BCUT2D eigenvalue weighted by atomic mass is 9.91. The number of fused-ring (bicyclic) bond motifs is 3. The standard InChI is InChI=1S/C21H19NS/c1-13(2)17-12-19(15-10-8-14(3)9-11-15)23-21-20(17)16-6-4-5-7-18(16)22-21/h4-12,17,22H,1H2,2-3H3. The topological polar surface area (TPSA) is 15.8 Å². The predicted molar refractivity (Wildman–Crippen MR) is 101 cm³/mol. The van der Waals surface area contributed by atoms with E-state index in [-0.39, 0.29) is 5.92 Å². The molecule has 4 rings (SSSR count). The highest BCUT2D eigenvalue weighted by Gasteiger charge is 2.26. The third-order valence-electron chi connectivity index (χ3n) is 4.42. The first-order chi connectivity index (χ1) is 11.1. The Kier molecular flexibility index (Phi) is 3.42. The molecule has 0 saturated carbocycles. The number of hydrogen-bond acceptors (Lipinski definition) is 1. The van der Waals surface area contributed by atoms with Crippen LogP contribution in [0.3, 0.4) is 0 Å². The van der Waals surface area contributed by atoms with E-state index in [2.05, 4.69) is 80.0 Å². The lowest BCUT2D eigenvalue weighted by molar-refractivity contribution is 0.958. The van der Waals surface area contributed by atoms with E-state index in [0.29, 0.717) is 0 Å². The van der Waals surface area contributed by atoms with E-state index in [1.807, 2.05) is 11.8 Å². The Morgan fingerprint density at radius 3 is 2.57 bits per heavy atom. The summed E-state index contributed by atoms with van der Waals surface area (Å²) in [5.41, 5.74) is 6.32. The molecular formula is C21H19NS. The second-order valence-electron chi connectivity index (χ2n) is 6.24. The Bertz CT molecular complexity index is 928. The zero-order valence-corrected chi connectivity index (χ0v) is 14.2. The zero-order valence-electron chi connectivity index (χ0n) is 13.4. The monoisotopic (exact) mass is 317 g/mol. The van der Waals surface area contributed by atoms with Crippen LogP contribution in [0.5, 0.6) is 0 Å². The number of aromatic nitrogens is 1. The van der Waals surface area contributed by atoms with Crippen molar-refractivity contribution >= 4 is 27.6 Å². The van der Waals surface area contributed by atoms with Crippen molar-refractivity contribution in [1.29, 1.82) is 0 Å². The minimum Gasteiger partial charge on any atom is -0.349 e. The van der Waals surface area contributed by atoms with Crippen LogP contribution in [-0.2, 0) is 0 Å². The number of allylic oxidation sites excluding steroid dienone is 2. The van der Waals surface area contributed by atoms with Gasteiger partial charge in [-0.25, -0.2) is 0 Å². The second kappa shape index (κ2) is 5.47. The lowest BCUT2D eigenvalue weighted by Crippen LogP contribution is -2.02. The Hall–Kier alpha value is -2.19. The molecule has 1 unspecified atom stereocenters. The summed E-state index contributed by atoms with van der Waals surface area (Å²) in [6.45, 7) is 8.48. The van der Waals surface area contributed by atoms with Gasteiger partial charge in [-0.3, -0.25) is 0 Å². The van der Waals surface area contributed by atoms with E-state index in [0.717, 1.165) is 0 Å². The molecule has 1 aliphatic rings. The fourth-order valence-corrected chi connectivity index (χ4v) is 4.35. The number of para-hydroxylation sites is 1. The molecule has 2 aromatic carbocycles. The Morgan fingerprint density at radius 2 is 1.83 bits per heavy atom. The average molecular weight is 317 g/mol. The van der Waals surface area contributed by atoms with Gasteiger partial charge in [0.05, 0.1) is 5.03 Å². The molecule has 0 fully saturated rings. The van der Waals surface area contributed by atoms with E-state index >= 15 is 0 Å². The van der Waals surface area contributed by atoms with Gasteiger partial charge >= 0.3 is 0 Å². The molecule has 1 nitrogen and oxygen atoms in total. The maximum atomic E-state index is 4.24. The van der Waals surface area contributed by atoms with E-state index in [4.69, 9.17) is 0 Å². The molecule has 23 heavy (non-hydrogen) atoms. The van der Waals surface area contributed by atoms with Crippen molar-refractivity contribution in [3.8, 4) is 0 Å². The Balaban J connectivity index is 1.87. The van der Waals surface area contributed by atoms with E-state index in [9.17, 15) is 0 Å². The fourth-order valence-electron chi connectivity index (χ4n) is 3.17. The van der Waals surface area contributed by atoms with Crippen LogP contribution in [0.4, 0.5) is 0 Å². The van der Waals surface area contributed by atoms with Crippen molar-refractivity contribution in [2.24, 2.45) is 0 Å². The van der Waals surface area contributed by atoms with Gasteiger partial charge in [0.25, 0.3) is 0 Å². The zero-order chi connectivity index (χ0) is 16.0. The second-order valence-corrected chi connectivity index (χ2v) is 7.29. The molecule has 114 valence electrons. The van der Waals surface area contributed by atoms with Crippen LogP contribution in [0, 0.1) is 6.92 Å². The van der Waals surface area contributed by atoms with Gasteiger partial charge in [-0.1, -0.05) is 78.0 Å². The van der Waals surface area contributed by atoms with Gasteiger partial charge in [-0.2, -0.15) is 0 Å². The maximum absolute atomic E-state index is 4.24. The number of H-pyrrole nitrogens is 1. The highest BCUT2D eigenvalue weighted by Crippen LogP contribution is 2.49. The number of thioether (sulfide) groups is 1. The molecule has 2 heterocycles. The molecule has 1 N–H and O–H groups in total. The summed E-state index contributed by atoms with van der Waals surface area (Å²) < 4.78 is 0. The summed E-state index contributed by atoms with van der Waals surface area (Å²) in [5, 5.41) is 2.56. The fraction of sp³-hybridized carbons (Fsp3) is 0.143. The van der Waals surface area contributed by atoms with E-state index in [1.165, 1.54) is 43.1 Å². The molecular weight excluding hydrogens is 298 g/mol. The van der Waals surface area contributed by atoms with Crippen LogP contribution in [-0.4, -0.2) is 4.98 Å². The van der Waals surface area contributed by atoms with Crippen molar-refractivity contribution in [3.05, 3.63) is 83.4 Å². The number of hydrogen-bond donors (Lipinski definition) is 1. The van der Waals surface area contributed by atoms with Gasteiger partial charge in [0.2, 0.25) is 0 Å². The summed E-state index contributed by atoms with van der Waals surface area (Å²) in [4.78, 5) is 4.90. The van der Waals surface area contributed by atoms with Gasteiger partial charge in [0, 0.05) is 27.3 Å². The van der Waals surface area contributed by atoms with Crippen LogP contribution in [0.1, 0.15) is 29.5 Å². The predicted octanol–water partition coefficient (Wildman–Crippen LogP) is 6.28. The summed E-state index contributed by atoms with van der Waals surface area (Å²) >= 11 is 1.83. The third-order valence-corrected chi connectivity index (χ3v) is 5.54. The van der Waals surface area contributed by atoms with Crippen molar-refractivity contribution in [2.75, 3.05) is 0 Å². The lowest BCUT2D eigenvalue weighted by Gasteiger charge is -2.22. The van der Waals surface area contributed by atoms with Crippen molar-refractivity contribution in [2.45, 2.75) is 24.8 Å². The van der Waals surface area contributed by atoms with Gasteiger partial charge < -0.3 is 4.98 Å². The minimum absolute atomic E-state index is 0.263. The van der Waals surface area contributed by atoms with Crippen LogP contribution >= 0.6 is 11.8 Å². The van der Waals surface area contributed by atoms with Crippen molar-refractivity contribution in [1.82, 2.24) is 4.98 Å². The minimum atomic E-state index is 0.263. The van der Waals surface area contributed by atoms with Crippen LogP contribution in [0.2, 0.25) is 0 Å². The highest BCUT2D eigenvalue weighted by atomic mass is 32.2. The van der Waals surface area contributed by atoms with E-state index in [1.54, 1.807) is 0 Å². The molecule has 0 amide bonds. The number of rotatable bonds is 2. The van der Waals surface area contributed by atoms with Crippen LogP contribution in [0.15, 0.2) is 71.8 Å². The van der Waals surface area contributed by atoms with Crippen LogP contribution in [0.25, 0.3) is 15.8 Å². The molecule has 0 saturated heterocycles. The van der Waals surface area contributed by atoms with Crippen molar-refractivity contribution < 1.29 is 0 Å². The SMILES string of the molecule is C=C(C)C1C=C(c2ccc(C)cc2)Sc2[nH]c3ccccc3c21. The maximum Gasteiger partial charge on any atom is 0.0823 e. The molecule has 0 radical (unpaired) electrons. The summed E-state index contributed by atoms with van der Waals surface area (Å²) in [5.74, 6) is 0.263. The van der Waals surface area contributed by atoms with Gasteiger partial charge in [0.15, 0.2) is 0 Å². The number of aryl methyl sites for hydroxylation is 1. The third kappa shape index (κ3) is 2.43. The summed E-state index contributed by atoms with van der Waals surface area (Å²) in [6, 6.07) is 17.3. The largest absolute Gasteiger partial charge is 0.349 e. The number of aromatic amines is 1. The highest BCUT2D eigenvalue weighted by molar-refractivity contribution is 8.08. The van der Waals surface area contributed by atoms with Crippen molar-refractivity contribution in [3.63, 3.8) is 0 Å². The Labute approximate surface area is 141 Å². The number of benzene rings is 2. The molecule has 0 aliphatic carbocycles. The molecule has 0 bridgehead atoms. The first-order valence-corrected chi connectivity index (χ1v) is 8.68. The molecule has 1 aliphatic heterocycles. The molecule has 3 aromatic rings. The summed E-state index contributed by atoms with van der Waals surface area (Å²) in [6.07, 6.45) is 2.36. The normalized spacial score (nSPS) is 17.0. The quantitative estimate of drug-likeness (QED) is 0.550. The first-order valence-electron chi connectivity index (χ1n) is 7.86. The molecule has 0 spiro atoms. The molecule has 2 heteroatoms. The molecule has 1 atom stereocenters. The average Bonchev–Trinajstić information content (AvgIpc) is 2.93. The van der Waals surface area contributed by atoms with E-state index < -0.39 is 0 Å². The Morgan fingerprint density at radius 1 is 1.09 bits per heavy atom. The van der Waals surface area contributed by atoms with Gasteiger partial charge in [-0.15, -0.1) is 0 Å². The first kappa shape index (κ1) is 14.4.